The molecule has 0 fully saturated rings. The topological polar surface area (TPSA) is 119 Å². The smallest absolute Gasteiger partial charge is 0.222 e. The molecule has 3 aromatic carbocycles. The van der Waals surface area contributed by atoms with Gasteiger partial charge in [0.05, 0.1) is 6.10 Å². The lowest BCUT2D eigenvalue weighted by atomic mass is 9.98. The Labute approximate surface area is 241 Å². The maximum atomic E-state index is 13.1. The van der Waals surface area contributed by atoms with Gasteiger partial charge in [-0.15, -0.1) is 10.2 Å². The Kier molecular flexibility index (Phi) is 8.75. The summed E-state index contributed by atoms with van der Waals surface area (Å²) in [6, 6.07) is 25.2. The molecular weight excluding hydrogens is 514 g/mol. The van der Waals surface area contributed by atoms with Crippen molar-refractivity contribution in [2.24, 2.45) is 0 Å². The fraction of sp³-hybridized carbons (Fsp3) is 0.375. The number of aromatic nitrogens is 4. The number of amides is 1. The van der Waals surface area contributed by atoms with Crippen LogP contribution in [0.4, 0.5) is 5.69 Å². The number of H-pyrrole nitrogens is 1. The number of aliphatic hydroxyl groups is 1. The summed E-state index contributed by atoms with van der Waals surface area (Å²) < 4.78 is 0. The molecule has 1 aromatic heterocycles. The van der Waals surface area contributed by atoms with E-state index in [1.165, 1.54) is 16.8 Å². The highest BCUT2D eigenvalue weighted by atomic mass is 16.3. The molecular formula is C32H39N7O2. The third kappa shape index (κ3) is 7.36. The molecule has 9 heteroatoms. The van der Waals surface area contributed by atoms with Crippen LogP contribution < -0.4 is 15.5 Å². The summed E-state index contributed by atoms with van der Waals surface area (Å²) in [5.41, 5.74) is 6.37. The maximum absolute atomic E-state index is 13.1. The molecule has 5 rings (SSSR count). The molecule has 1 amide bonds. The highest BCUT2D eigenvalue weighted by molar-refractivity contribution is 5.80. The molecule has 214 valence electrons. The van der Waals surface area contributed by atoms with Gasteiger partial charge in [-0.3, -0.25) is 4.79 Å². The van der Waals surface area contributed by atoms with Crippen molar-refractivity contribution in [3.05, 3.63) is 83.9 Å². The fourth-order valence-corrected chi connectivity index (χ4v) is 5.47. The monoisotopic (exact) mass is 553 g/mol. The van der Waals surface area contributed by atoms with Crippen LogP contribution in [-0.4, -0.2) is 62.4 Å². The molecule has 0 saturated carbocycles. The highest BCUT2D eigenvalue weighted by Gasteiger charge is 2.26. The number of aliphatic hydroxyl groups excluding tert-OH is 1. The van der Waals surface area contributed by atoms with Crippen LogP contribution in [0, 0.1) is 0 Å². The normalized spacial score (nSPS) is 16.1. The van der Waals surface area contributed by atoms with Crippen molar-refractivity contribution in [2.45, 2.75) is 64.3 Å². The minimum atomic E-state index is -0.458. The predicted octanol–water partition coefficient (Wildman–Crippen LogP) is 4.11. The fourth-order valence-electron chi connectivity index (χ4n) is 5.47. The van der Waals surface area contributed by atoms with Crippen LogP contribution in [0.25, 0.3) is 22.5 Å². The van der Waals surface area contributed by atoms with Gasteiger partial charge >= 0.3 is 0 Å². The molecule has 0 bridgehead atoms. The zero-order valence-corrected chi connectivity index (χ0v) is 24.0. The molecule has 1 aliphatic rings. The Bertz CT molecular complexity index is 1430. The number of carbonyl (C=O) groups is 1. The van der Waals surface area contributed by atoms with Gasteiger partial charge in [0, 0.05) is 48.9 Å². The van der Waals surface area contributed by atoms with E-state index in [9.17, 15) is 9.90 Å². The second-order valence-electron chi connectivity index (χ2n) is 11.6. The summed E-state index contributed by atoms with van der Waals surface area (Å²) in [7, 11) is 0. The van der Waals surface area contributed by atoms with E-state index in [0.29, 0.717) is 18.8 Å². The molecule has 41 heavy (non-hydrogen) atoms. The summed E-state index contributed by atoms with van der Waals surface area (Å²) in [4.78, 5) is 15.4. The van der Waals surface area contributed by atoms with Gasteiger partial charge < -0.3 is 20.6 Å². The number of hydrogen-bond donors (Lipinski definition) is 4. The molecule has 2 atom stereocenters. The van der Waals surface area contributed by atoms with Gasteiger partial charge in [-0.1, -0.05) is 66.7 Å². The number of β-amino-alcohol motifs (C(OH)–C–C–N with tert-alkyl or cyclic N) is 1. The lowest BCUT2D eigenvalue weighted by molar-refractivity contribution is -0.123. The summed E-state index contributed by atoms with van der Waals surface area (Å²) in [5.74, 6) is 0.592. The Morgan fingerprint density at radius 1 is 1.07 bits per heavy atom. The van der Waals surface area contributed by atoms with Gasteiger partial charge in [-0.2, -0.15) is 5.21 Å². The van der Waals surface area contributed by atoms with E-state index in [4.69, 9.17) is 0 Å². The van der Waals surface area contributed by atoms with E-state index in [1.54, 1.807) is 6.92 Å². The molecule has 1 aliphatic heterocycles. The Hall–Kier alpha value is -4.08. The molecule has 1 unspecified atom stereocenters. The Balaban J connectivity index is 1.30. The first kappa shape index (κ1) is 28.4. The van der Waals surface area contributed by atoms with E-state index in [1.807, 2.05) is 32.0 Å². The SMILES string of the molecule is C[C@H](O)CNC(C)(C)CC(=O)NC1CCc2ccccc2N(Cc2ccc(-c3ccccc3-c3nn[nH]n3)cc2)C1. The number of fused-ring (bicyclic) bond motifs is 1. The van der Waals surface area contributed by atoms with Crippen LogP contribution in [0.1, 0.15) is 44.7 Å². The molecule has 0 aliphatic carbocycles. The predicted molar refractivity (Wildman–Crippen MR) is 161 cm³/mol. The second-order valence-corrected chi connectivity index (χ2v) is 11.6. The van der Waals surface area contributed by atoms with Crippen molar-refractivity contribution in [1.82, 2.24) is 31.3 Å². The minimum Gasteiger partial charge on any atom is -0.392 e. The van der Waals surface area contributed by atoms with E-state index in [-0.39, 0.29) is 11.9 Å². The first-order valence-corrected chi connectivity index (χ1v) is 14.2. The van der Waals surface area contributed by atoms with E-state index in [2.05, 4.69) is 90.8 Å². The van der Waals surface area contributed by atoms with E-state index in [0.717, 1.165) is 42.6 Å². The van der Waals surface area contributed by atoms with Crippen LogP contribution in [-0.2, 0) is 17.8 Å². The van der Waals surface area contributed by atoms with Crippen molar-refractivity contribution in [1.29, 1.82) is 0 Å². The number of rotatable bonds is 10. The van der Waals surface area contributed by atoms with Crippen molar-refractivity contribution in [2.75, 3.05) is 18.0 Å². The number of aromatic amines is 1. The summed E-state index contributed by atoms with van der Waals surface area (Å²) in [5, 5.41) is 30.8. The van der Waals surface area contributed by atoms with Crippen molar-refractivity contribution in [3.63, 3.8) is 0 Å². The quantitative estimate of drug-likeness (QED) is 0.233. The highest BCUT2D eigenvalue weighted by Crippen LogP contribution is 2.31. The molecule has 4 aromatic rings. The van der Waals surface area contributed by atoms with Crippen molar-refractivity contribution < 1.29 is 9.90 Å². The summed E-state index contributed by atoms with van der Waals surface area (Å²) in [6.07, 6.45) is 1.68. The number of hydrogen-bond acceptors (Lipinski definition) is 7. The maximum Gasteiger partial charge on any atom is 0.222 e. The van der Waals surface area contributed by atoms with E-state index < -0.39 is 11.6 Å². The second kappa shape index (κ2) is 12.6. The van der Waals surface area contributed by atoms with Gasteiger partial charge in [0.2, 0.25) is 11.7 Å². The summed E-state index contributed by atoms with van der Waals surface area (Å²) in [6.45, 7) is 7.64. The number of tetrazole rings is 1. The van der Waals surface area contributed by atoms with Crippen LogP contribution in [0.3, 0.4) is 0 Å². The lowest BCUT2D eigenvalue weighted by Gasteiger charge is -2.30. The zero-order chi connectivity index (χ0) is 28.8. The van der Waals surface area contributed by atoms with E-state index >= 15 is 0 Å². The van der Waals surface area contributed by atoms with Crippen LogP contribution in [0.2, 0.25) is 0 Å². The largest absolute Gasteiger partial charge is 0.392 e. The molecule has 0 spiro atoms. The van der Waals surface area contributed by atoms with Crippen molar-refractivity contribution in [3.8, 4) is 22.5 Å². The summed E-state index contributed by atoms with van der Waals surface area (Å²) >= 11 is 0. The van der Waals surface area contributed by atoms with Gasteiger partial charge in [0.25, 0.3) is 0 Å². The number of carbonyl (C=O) groups excluding carboxylic acids is 1. The molecule has 0 saturated heterocycles. The molecule has 4 N–H and O–H groups in total. The third-order valence-electron chi connectivity index (χ3n) is 7.53. The average molecular weight is 554 g/mol. The van der Waals surface area contributed by atoms with Gasteiger partial charge in [0.1, 0.15) is 0 Å². The Morgan fingerprint density at radius 2 is 1.80 bits per heavy atom. The minimum absolute atomic E-state index is 0.0219. The number of nitrogens with zero attached hydrogens (tertiary/aromatic N) is 4. The van der Waals surface area contributed by atoms with Crippen molar-refractivity contribution >= 4 is 11.6 Å². The van der Waals surface area contributed by atoms with Gasteiger partial charge in [0.15, 0.2) is 0 Å². The number of anilines is 1. The van der Waals surface area contributed by atoms with Gasteiger partial charge in [-0.25, -0.2) is 0 Å². The standard InChI is InChI=1S/C32H39N7O2/c1-22(40)19-33-32(2,3)18-30(41)34-26-17-16-25-8-4-7-11-29(25)39(21-26)20-23-12-14-24(15-13-23)27-9-5-6-10-28(27)31-35-37-38-36-31/h4-15,22,26,33,40H,16-21H2,1-3H3,(H,34,41)(H,35,36,37,38)/t22-,26?/m0/s1. The van der Waals surface area contributed by atoms with Crippen LogP contribution >= 0.6 is 0 Å². The molecule has 0 radical (unpaired) electrons. The number of nitrogens with one attached hydrogen (secondary N) is 3. The molecule has 2 heterocycles. The van der Waals surface area contributed by atoms with Crippen LogP contribution in [0.15, 0.2) is 72.8 Å². The van der Waals surface area contributed by atoms with Gasteiger partial charge in [-0.05, 0) is 67.1 Å². The third-order valence-corrected chi connectivity index (χ3v) is 7.53. The first-order chi connectivity index (χ1) is 19.8. The molecule has 9 nitrogen and oxygen atoms in total. The van der Waals surface area contributed by atoms with Crippen LogP contribution in [0.5, 0.6) is 0 Å². The average Bonchev–Trinajstić information content (AvgIpc) is 3.44. The first-order valence-electron chi connectivity index (χ1n) is 14.2. The number of aryl methyl sites for hydroxylation is 1. The lowest BCUT2D eigenvalue weighted by Crippen LogP contribution is -2.49. The number of benzene rings is 3. The number of para-hydroxylation sites is 1. The Morgan fingerprint density at radius 3 is 2.54 bits per heavy atom. The zero-order valence-electron chi connectivity index (χ0n) is 24.0.